The molecular formula is C48H49Cl11N2O9. The molecule has 1 amide bonds. The molecule has 4 atom stereocenters. The number of carbonyl (C=O) groups excluding carboxylic acids is 3. The van der Waals surface area contributed by atoms with Gasteiger partial charge in [0.15, 0.2) is 12.6 Å². The van der Waals surface area contributed by atoms with Crippen LogP contribution in [0.5, 0.6) is 28.7 Å². The Bertz CT molecular complexity index is 2580. The minimum atomic E-state index is -0.486. The third-order valence-electron chi connectivity index (χ3n) is 9.90. The number of rotatable bonds is 10. The predicted molar refractivity (Wildman–Crippen MR) is 288 cm³/mol. The van der Waals surface area contributed by atoms with Gasteiger partial charge in [-0.05, 0) is 117 Å². The fourth-order valence-corrected chi connectivity index (χ4v) is 7.84. The molecule has 2 fully saturated rings. The molecule has 0 radical (unpaired) electrons. The lowest BCUT2D eigenvalue weighted by atomic mass is 10.1. The van der Waals surface area contributed by atoms with Crippen molar-refractivity contribution < 1.29 is 43.5 Å². The summed E-state index contributed by atoms with van der Waals surface area (Å²) in [5, 5.41) is 24.8. The van der Waals surface area contributed by atoms with Crippen molar-refractivity contribution in [3.05, 3.63) is 139 Å². The lowest BCUT2D eigenvalue weighted by Crippen LogP contribution is -2.33. The number of halogens is 11. The lowest BCUT2D eigenvalue weighted by Gasteiger charge is -2.19. The Morgan fingerprint density at radius 1 is 0.600 bits per heavy atom. The molecule has 0 spiro atoms. The van der Waals surface area contributed by atoms with Crippen molar-refractivity contribution in [1.29, 1.82) is 0 Å². The molecular weight excluding hydrogens is 1140 g/mol. The Balaban J connectivity index is 0.000000310. The van der Waals surface area contributed by atoms with Gasteiger partial charge in [-0.1, -0.05) is 116 Å². The summed E-state index contributed by atoms with van der Waals surface area (Å²) in [5.74, 6) is 3.68. The molecule has 7 rings (SSSR count). The SMILES string of the molecule is COc1cc(Cl)c(Cl)cc1C1CC1CN.COc1cc(Cl)c(Cl)cc1C1CC1CNC(=O)OC(C)(C)C.COc1cc(Cl)c(Cl)cc1C=O.Cl.O=Cc1cc(Cl)c(Cl)cc1O.Oc1ccc(Cl)c(Cl)c1. The van der Waals surface area contributed by atoms with Crippen LogP contribution in [-0.2, 0) is 4.74 Å². The standard InChI is InChI=1S/C16H21Cl2NO3.C11H13Cl2NO.C8H6Cl2O2.C7H4Cl2O2.C6H4Cl2O.ClH/c1-16(2,3)22-15(20)19-8-9-5-10(9)11-6-12(17)13(18)7-14(11)21-4;1-15-11-4-10(13)9(12)3-8(11)7-2-6(7)5-14;1-12-8-3-7(10)6(9)2-5(8)4-11;8-5-1-4(3-10)7(11)2-6(5)9;7-5-2-1-4(9)3-6(5)8;/h6-7,9-10H,5,8H2,1-4H3,(H,19,20);3-4,6-7H,2,5,14H2,1H3;2-4H,1H3;1-3,11H;1-3,9H;1H. The maximum absolute atomic E-state index is 11.7. The maximum Gasteiger partial charge on any atom is 0.407 e. The highest BCUT2D eigenvalue weighted by atomic mass is 35.5. The first-order chi connectivity index (χ1) is 32.4. The zero-order valence-corrected chi connectivity index (χ0v) is 46.5. The van der Waals surface area contributed by atoms with Gasteiger partial charge in [0, 0.05) is 30.8 Å². The minimum absolute atomic E-state index is 0. The van der Waals surface area contributed by atoms with Crippen LogP contribution in [-0.4, -0.2) is 68.9 Å². The molecule has 70 heavy (non-hydrogen) atoms. The van der Waals surface area contributed by atoms with Crippen LogP contribution >= 0.6 is 128 Å². The first kappa shape index (κ1) is 63.0. The quantitative estimate of drug-likeness (QED) is 0.0989. The van der Waals surface area contributed by atoms with Crippen molar-refractivity contribution in [2.24, 2.45) is 17.6 Å². The average molecular weight is 1190 g/mol. The monoisotopic (exact) mass is 1180 g/mol. The third kappa shape index (κ3) is 19.7. The highest BCUT2D eigenvalue weighted by Gasteiger charge is 2.41. The summed E-state index contributed by atoms with van der Waals surface area (Å²) < 4.78 is 20.8. The molecule has 2 aliphatic carbocycles. The number of hydrogen-bond acceptors (Lipinski definition) is 10. The minimum Gasteiger partial charge on any atom is -0.508 e. The number of phenolic OH excluding ortho intramolecular Hbond substituents is 2. The van der Waals surface area contributed by atoms with Crippen molar-refractivity contribution in [3.8, 4) is 28.7 Å². The van der Waals surface area contributed by atoms with Gasteiger partial charge in [-0.3, -0.25) is 9.59 Å². The number of carbonyl (C=O) groups is 3. The second-order valence-electron chi connectivity index (χ2n) is 16.0. The number of methoxy groups -OCH3 is 3. The van der Waals surface area contributed by atoms with Gasteiger partial charge in [0.05, 0.1) is 82.7 Å². The Hall–Kier alpha value is -3.14. The number of nitrogens with two attached hydrogens (primary N) is 1. The van der Waals surface area contributed by atoms with Gasteiger partial charge in [0.2, 0.25) is 0 Å². The summed E-state index contributed by atoms with van der Waals surface area (Å²) in [6.45, 7) is 6.81. The molecule has 0 heterocycles. The second-order valence-corrected chi connectivity index (χ2v) is 20.1. The van der Waals surface area contributed by atoms with Crippen LogP contribution in [0.15, 0.2) is 66.7 Å². The van der Waals surface area contributed by atoms with Crippen LogP contribution in [0, 0.1) is 11.8 Å². The van der Waals surface area contributed by atoms with Gasteiger partial charge in [0.25, 0.3) is 0 Å². The summed E-state index contributed by atoms with van der Waals surface area (Å²) in [5.41, 5.74) is 7.83. The average Bonchev–Trinajstić information content (AvgIpc) is 4.24. The first-order valence-electron chi connectivity index (χ1n) is 20.4. The van der Waals surface area contributed by atoms with E-state index < -0.39 is 5.60 Å². The molecule has 2 saturated carbocycles. The Kier molecular flexibility index (Phi) is 26.6. The fraction of sp³-hybridized carbons (Fsp3) is 0.312. The molecule has 2 aliphatic rings. The lowest BCUT2D eigenvalue weighted by molar-refractivity contribution is 0.0524. The Morgan fingerprint density at radius 2 is 1.00 bits per heavy atom. The van der Waals surface area contributed by atoms with E-state index >= 15 is 0 Å². The summed E-state index contributed by atoms with van der Waals surface area (Å²) in [7, 11) is 4.72. The van der Waals surface area contributed by atoms with E-state index in [1.54, 1.807) is 32.4 Å². The highest BCUT2D eigenvalue weighted by molar-refractivity contribution is 6.44. The van der Waals surface area contributed by atoms with E-state index in [4.69, 9.17) is 151 Å². The van der Waals surface area contributed by atoms with E-state index in [1.807, 2.05) is 32.9 Å². The highest BCUT2D eigenvalue weighted by Crippen LogP contribution is 2.52. The summed E-state index contributed by atoms with van der Waals surface area (Å²) >= 11 is 57.5. The van der Waals surface area contributed by atoms with Crippen molar-refractivity contribution in [2.45, 2.75) is 51.0 Å². The number of nitrogens with one attached hydrogen (secondary N) is 1. The van der Waals surface area contributed by atoms with Crippen molar-refractivity contribution in [1.82, 2.24) is 5.32 Å². The molecule has 0 saturated heterocycles. The van der Waals surface area contributed by atoms with Gasteiger partial charge in [-0.25, -0.2) is 4.79 Å². The molecule has 5 aromatic carbocycles. The number of phenols is 2. The maximum atomic E-state index is 11.7. The second kappa shape index (κ2) is 29.5. The predicted octanol–water partition coefficient (Wildman–Crippen LogP) is 16.1. The van der Waals surface area contributed by atoms with Crippen LogP contribution in [0.25, 0.3) is 0 Å². The fourth-order valence-electron chi connectivity index (χ4n) is 6.24. The topological polar surface area (TPSA) is 167 Å². The van der Waals surface area contributed by atoms with E-state index in [2.05, 4.69) is 5.32 Å². The number of benzene rings is 5. The van der Waals surface area contributed by atoms with Crippen molar-refractivity contribution >= 4 is 147 Å². The number of aromatic hydroxyl groups is 2. The Morgan fingerprint density at radius 3 is 1.41 bits per heavy atom. The molecule has 0 aliphatic heterocycles. The molecule has 4 unspecified atom stereocenters. The number of ether oxygens (including phenoxy) is 4. The molecule has 5 N–H and O–H groups in total. The summed E-state index contributed by atoms with van der Waals surface area (Å²) in [4.78, 5) is 32.4. The molecule has 0 aromatic heterocycles. The van der Waals surface area contributed by atoms with Crippen molar-refractivity contribution in [3.63, 3.8) is 0 Å². The van der Waals surface area contributed by atoms with E-state index in [1.165, 1.54) is 43.5 Å². The van der Waals surface area contributed by atoms with Gasteiger partial charge in [-0.2, -0.15) is 0 Å². The van der Waals surface area contributed by atoms with Gasteiger partial charge in [0.1, 0.15) is 34.3 Å². The van der Waals surface area contributed by atoms with E-state index in [0.29, 0.717) is 101 Å². The van der Waals surface area contributed by atoms with E-state index in [0.717, 1.165) is 35.5 Å². The van der Waals surface area contributed by atoms with Gasteiger partial charge >= 0.3 is 6.09 Å². The van der Waals surface area contributed by atoms with E-state index in [9.17, 15) is 14.4 Å². The molecule has 22 heteroatoms. The molecule has 11 nitrogen and oxygen atoms in total. The summed E-state index contributed by atoms with van der Waals surface area (Å²) in [6, 6.07) is 17.2. The van der Waals surface area contributed by atoms with Crippen LogP contribution < -0.4 is 25.3 Å². The smallest absolute Gasteiger partial charge is 0.407 e. The number of alkyl carbamates (subject to hydrolysis) is 1. The third-order valence-corrected chi connectivity index (χ3v) is 13.5. The number of hydrogen-bond donors (Lipinski definition) is 4. The zero-order chi connectivity index (χ0) is 51.9. The molecule has 5 aromatic rings. The normalized spacial score (nSPS) is 16.0. The zero-order valence-electron chi connectivity index (χ0n) is 38.2. The van der Waals surface area contributed by atoms with Crippen LogP contribution in [0.4, 0.5) is 4.79 Å². The van der Waals surface area contributed by atoms with Crippen LogP contribution in [0.3, 0.4) is 0 Å². The first-order valence-corrected chi connectivity index (χ1v) is 24.2. The number of amides is 1. The van der Waals surface area contributed by atoms with E-state index in [-0.39, 0.29) is 45.6 Å². The molecule has 0 bridgehead atoms. The largest absolute Gasteiger partial charge is 0.508 e. The van der Waals surface area contributed by atoms with Crippen molar-refractivity contribution in [2.75, 3.05) is 34.4 Å². The van der Waals surface area contributed by atoms with Gasteiger partial charge < -0.3 is 40.2 Å². The van der Waals surface area contributed by atoms with Gasteiger partial charge in [-0.15, -0.1) is 12.4 Å². The van der Waals surface area contributed by atoms with Crippen LogP contribution in [0.1, 0.15) is 77.3 Å². The summed E-state index contributed by atoms with van der Waals surface area (Å²) in [6.07, 6.45) is 2.88. The Labute approximate surface area is 463 Å². The number of aldehydes is 2. The van der Waals surface area contributed by atoms with Crippen LogP contribution in [0.2, 0.25) is 50.2 Å². The molecule has 382 valence electrons.